The Labute approximate surface area is 136 Å². The number of nitrogens with one attached hydrogen (secondary N) is 2. The highest BCUT2D eigenvalue weighted by Crippen LogP contribution is 2.18. The average molecular weight is 381 g/mol. The fourth-order valence-corrected chi connectivity index (χ4v) is 2.48. The predicted molar refractivity (Wildman–Crippen MR) is 96.0 cm³/mol. The van der Waals surface area contributed by atoms with Crippen LogP contribution in [0.4, 0.5) is 0 Å². The molecule has 2 aromatic rings. The van der Waals surface area contributed by atoms with Crippen LogP contribution < -0.4 is 10.6 Å². The van der Waals surface area contributed by atoms with Crippen LogP contribution in [0.2, 0.25) is 0 Å². The van der Waals surface area contributed by atoms with Crippen LogP contribution >= 0.6 is 24.0 Å². The molecule has 1 aliphatic rings. The lowest BCUT2D eigenvalue weighted by Crippen LogP contribution is -2.41. The van der Waals surface area contributed by atoms with E-state index in [2.05, 4.69) is 58.1 Å². The maximum Gasteiger partial charge on any atom is 0.191 e. The Hall–Kier alpha value is -1.30. The molecule has 0 fully saturated rings. The topological polar surface area (TPSA) is 36.4 Å². The molecular weight excluding hydrogens is 361 g/mol. The number of benzene rings is 2. The highest BCUT2D eigenvalue weighted by molar-refractivity contribution is 14.0. The van der Waals surface area contributed by atoms with Gasteiger partial charge in [-0.2, -0.15) is 0 Å². The average Bonchev–Trinajstić information content (AvgIpc) is 2.49. The zero-order valence-corrected chi connectivity index (χ0v) is 13.8. The van der Waals surface area contributed by atoms with Gasteiger partial charge in [-0.1, -0.05) is 42.5 Å². The highest BCUT2D eigenvalue weighted by atomic mass is 127. The van der Waals surface area contributed by atoms with Gasteiger partial charge in [0.2, 0.25) is 0 Å². The molecule has 0 radical (unpaired) electrons. The molecule has 0 atom stereocenters. The number of rotatable bonds is 3. The van der Waals surface area contributed by atoms with E-state index in [1.54, 1.807) is 0 Å². The van der Waals surface area contributed by atoms with Crippen molar-refractivity contribution < 1.29 is 0 Å². The normalized spacial score (nSPS) is 14.1. The first kappa shape index (κ1) is 15.1. The van der Waals surface area contributed by atoms with Gasteiger partial charge in [0.15, 0.2) is 5.96 Å². The number of hydrogen-bond acceptors (Lipinski definition) is 3. The number of fused-ring (bicyclic) bond motifs is 1. The molecule has 0 unspecified atom stereocenters. The quantitative estimate of drug-likeness (QED) is 0.803. The molecule has 0 bridgehead atoms. The molecule has 106 valence electrons. The molecule has 0 saturated heterocycles. The first-order chi connectivity index (χ1) is 9.43. The highest BCUT2D eigenvalue weighted by Gasteiger charge is 2.04. The number of aliphatic imine (C=N–C) groups is 1. The molecule has 0 spiro atoms. The van der Waals surface area contributed by atoms with Crippen LogP contribution in [0.1, 0.15) is 12.0 Å². The van der Waals surface area contributed by atoms with Crippen molar-refractivity contribution in [2.45, 2.75) is 12.8 Å². The van der Waals surface area contributed by atoms with E-state index in [4.69, 9.17) is 0 Å². The first-order valence-electron chi connectivity index (χ1n) is 6.92. The Morgan fingerprint density at radius 2 is 1.95 bits per heavy atom. The van der Waals surface area contributed by atoms with Gasteiger partial charge < -0.3 is 10.6 Å². The summed E-state index contributed by atoms with van der Waals surface area (Å²) in [5.74, 6) is 0.950. The third-order valence-electron chi connectivity index (χ3n) is 3.46. The maximum absolute atomic E-state index is 4.42. The molecular formula is C16H20IN3. The minimum Gasteiger partial charge on any atom is -0.356 e. The molecule has 2 N–H and O–H groups in total. The van der Waals surface area contributed by atoms with Gasteiger partial charge in [0.05, 0.1) is 0 Å². The van der Waals surface area contributed by atoms with Gasteiger partial charge in [-0.3, -0.25) is 4.99 Å². The van der Waals surface area contributed by atoms with Crippen molar-refractivity contribution in [1.29, 1.82) is 0 Å². The molecule has 2 aromatic carbocycles. The van der Waals surface area contributed by atoms with Crippen LogP contribution in [0.15, 0.2) is 47.5 Å². The van der Waals surface area contributed by atoms with Crippen LogP contribution in [0, 0.1) is 0 Å². The fourth-order valence-electron chi connectivity index (χ4n) is 2.48. The third kappa shape index (κ3) is 3.62. The summed E-state index contributed by atoms with van der Waals surface area (Å²) >= 11 is 0. The predicted octanol–water partition coefficient (Wildman–Crippen LogP) is 2.94. The summed E-state index contributed by atoms with van der Waals surface area (Å²) in [5, 5.41) is 9.32. The monoisotopic (exact) mass is 381 g/mol. The van der Waals surface area contributed by atoms with E-state index in [9.17, 15) is 0 Å². The van der Waals surface area contributed by atoms with Crippen LogP contribution in [0.25, 0.3) is 10.8 Å². The zero-order valence-electron chi connectivity index (χ0n) is 11.4. The first-order valence-corrected chi connectivity index (χ1v) is 6.92. The van der Waals surface area contributed by atoms with Crippen molar-refractivity contribution in [3.05, 3.63) is 48.0 Å². The summed E-state index contributed by atoms with van der Waals surface area (Å²) in [6.07, 6.45) is 2.15. The summed E-state index contributed by atoms with van der Waals surface area (Å²) in [6, 6.07) is 15.1. The lowest BCUT2D eigenvalue weighted by Gasteiger charge is -2.16. The maximum atomic E-state index is 4.42. The van der Waals surface area contributed by atoms with Crippen molar-refractivity contribution >= 4 is 40.7 Å². The Bertz CT molecular complexity index is 590. The van der Waals surface area contributed by atoms with E-state index in [0.29, 0.717) is 0 Å². The molecule has 0 aliphatic carbocycles. The van der Waals surface area contributed by atoms with Gasteiger partial charge in [0, 0.05) is 19.6 Å². The second-order valence-electron chi connectivity index (χ2n) is 4.83. The minimum atomic E-state index is 0. The minimum absolute atomic E-state index is 0. The van der Waals surface area contributed by atoms with Crippen LogP contribution in [0.5, 0.6) is 0 Å². The Kier molecular flexibility index (Phi) is 5.64. The van der Waals surface area contributed by atoms with Crippen molar-refractivity contribution in [2.75, 3.05) is 19.6 Å². The van der Waals surface area contributed by atoms with Crippen molar-refractivity contribution in [2.24, 2.45) is 4.99 Å². The number of guanidine groups is 1. The smallest absolute Gasteiger partial charge is 0.191 e. The van der Waals surface area contributed by atoms with Crippen LogP contribution in [-0.4, -0.2) is 25.6 Å². The van der Waals surface area contributed by atoms with E-state index in [-0.39, 0.29) is 24.0 Å². The summed E-state index contributed by atoms with van der Waals surface area (Å²) in [4.78, 5) is 4.42. The number of halogens is 1. The Balaban J connectivity index is 0.00000147. The fraction of sp³-hybridized carbons (Fsp3) is 0.312. The van der Waals surface area contributed by atoms with Crippen LogP contribution in [-0.2, 0) is 6.42 Å². The van der Waals surface area contributed by atoms with Crippen molar-refractivity contribution in [1.82, 2.24) is 10.6 Å². The molecule has 0 aromatic heterocycles. The van der Waals surface area contributed by atoms with Gasteiger partial charge in [-0.25, -0.2) is 0 Å². The third-order valence-corrected chi connectivity index (χ3v) is 3.46. The lowest BCUT2D eigenvalue weighted by molar-refractivity contribution is 0.700. The largest absolute Gasteiger partial charge is 0.356 e. The van der Waals surface area contributed by atoms with Gasteiger partial charge >= 0.3 is 0 Å². The number of nitrogens with zero attached hydrogens (tertiary/aromatic N) is 1. The SMILES string of the molecule is I.c1ccc2c(CCNC3=NCCCN3)cccc2c1. The Morgan fingerprint density at radius 3 is 2.80 bits per heavy atom. The zero-order chi connectivity index (χ0) is 12.9. The van der Waals surface area contributed by atoms with E-state index >= 15 is 0 Å². The van der Waals surface area contributed by atoms with Crippen molar-refractivity contribution in [3.8, 4) is 0 Å². The summed E-state index contributed by atoms with van der Waals surface area (Å²) in [7, 11) is 0. The summed E-state index contributed by atoms with van der Waals surface area (Å²) in [6.45, 7) is 2.88. The molecule has 3 nitrogen and oxygen atoms in total. The van der Waals surface area contributed by atoms with E-state index in [1.807, 2.05) is 0 Å². The van der Waals surface area contributed by atoms with Gasteiger partial charge in [-0.05, 0) is 29.2 Å². The van der Waals surface area contributed by atoms with E-state index in [1.165, 1.54) is 16.3 Å². The lowest BCUT2D eigenvalue weighted by atomic mass is 10.0. The molecule has 3 rings (SSSR count). The molecule has 4 heteroatoms. The molecule has 1 aliphatic heterocycles. The van der Waals surface area contributed by atoms with Gasteiger partial charge in [-0.15, -0.1) is 24.0 Å². The molecule has 0 saturated carbocycles. The Morgan fingerprint density at radius 1 is 1.10 bits per heavy atom. The molecule has 1 heterocycles. The van der Waals surface area contributed by atoms with Crippen molar-refractivity contribution in [3.63, 3.8) is 0 Å². The molecule has 20 heavy (non-hydrogen) atoms. The van der Waals surface area contributed by atoms with E-state index in [0.717, 1.165) is 38.4 Å². The summed E-state index contributed by atoms with van der Waals surface area (Å²) in [5.41, 5.74) is 1.39. The summed E-state index contributed by atoms with van der Waals surface area (Å²) < 4.78 is 0. The standard InChI is InChI=1S/C16H19N3.HI/c1-2-8-15-13(5-1)6-3-7-14(15)9-12-19-16-17-10-4-11-18-16;/h1-3,5-8H,4,9-12H2,(H2,17,18,19);1H. The number of hydrogen-bond donors (Lipinski definition) is 2. The second kappa shape index (κ2) is 7.47. The van der Waals surface area contributed by atoms with Gasteiger partial charge in [0.1, 0.15) is 0 Å². The second-order valence-corrected chi connectivity index (χ2v) is 4.83. The van der Waals surface area contributed by atoms with E-state index < -0.39 is 0 Å². The van der Waals surface area contributed by atoms with Gasteiger partial charge in [0.25, 0.3) is 0 Å². The molecule has 0 amide bonds. The van der Waals surface area contributed by atoms with Crippen LogP contribution in [0.3, 0.4) is 0 Å².